The van der Waals surface area contributed by atoms with Crippen LogP contribution in [0.2, 0.25) is 0 Å². The number of piperidine rings is 1. The normalized spacial score (nSPS) is 19.9. The highest BCUT2D eigenvalue weighted by atomic mass is 16.2. The lowest BCUT2D eigenvalue weighted by atomic mass is 9.84. The molecule has 2 aliphatic rings. The quantitative estimate of drug-likeness (QED) is 0.918. The maximum atomic E-state index is 12.2. The first-order valence-corrected chi connectivity index (χ1v) is 7.74. The summed E-state index contributed by atoms with van der Waals surface area (Å²) in [7, 11) is 0. The molecule has 1 aliphatic heterocycles. The minimum absolute atomic E-state index is 0.0770. The predicted molar refractivity (Wildman–Crippen MR) is 78.6 cm³/mol. The summed E-state index contributed by atoms with van der Waals surface area (Å²) in [6, 6.07) is 3.68. The molecule has 0 bridgehead atoms. The Bertz CT molecular complexity index is 506. The van der Waals surface area contributed by atoms with Gasteiger partial charge < -0.3 is 10.2 Å². The van der Waals surface area contributed by atoms with Gasteiger partial charge in [0, 0.05) is 37.4 Å². The molecule has 2 heterocycles. The number of hydrogen-bond acceptors (Lipinski definition) is 3. The van der Waals surface area contributed by atoms with E-state index in [1.165, 1.54) is 6.42 Å². The van der Waals surface area contributed by atoms with Crippen molar-refractivity contribution in [3.8, 4) is 0 Å². The van der Waals surface area contributed by atoms with Crippen molar-refractivity contribution in [2.45, 2.75) is 38.1 Å². The molecule has 5 heteroatoms. The maximum Gasteiger partial charge on any atom is 0.253 e. The summed E-state index contributed by atoms with van der Waals surface area (Å²) < 4.78 is 0. The number of aromatic nitrogens is 1. The van der Waals surface area contributed by atoms with Crippen molar-refractivity contribution in [1.82, 2.24) is 15.2 Å². The number of pyridine rings is 1. The molecule has 1 aromatic rings. The molecule has 0 aromatic carbocycles. The summed E-state index contributed by atoms with van der Waals surface area (Å²) in [4.78, 5) is 30.1. The standard InChI is InChI=1S/C16H21N3O2/c20-15(13-5-2-8-17-11-13)18-14-6-9-19(10-7-14)16(21)12-3-1-4-12/h2,5,8,11-12,14H,1,3-4,6-7,9-10H2,(H,18,20). The van der Waals surface area contributed by atoms with Gasteiger partial charge in [-0.15, -0.1) is 0 Å². The highest BCUT2D eigenvalue weighted by molar-refractivity contribution is 5.94. The van der Waals surface area contributed by atoms with Gasteiger partial charge in [0.1, 0.15) is 0 Å². The molecule has 2 fully saturated rings. The summed E-state index contributed by atoms with van der Waals surface area (Å²) in [5, 5.41) is 3.03. The number of carbonyl (C=O) groups is 2. The van der Waals surface area contributed by atoms with Crippen LogP contribution in [0.4, 0.5) is 0 Å². The van der Waals surface area contributed by atoms with Crippen molar-refractivity contribution < 1.29 is 9.59 Å². The Labute approximate surface area is 124 Å². The SMILES string of the molecule is O=C(NC1CCN(C(=O)C2CCC2)CC1)c1cccnc1. The molecule has 112 valence electrons. The van der Waals surface area contributed by atoms with Gasteiger partial charge >= 0.3 is 0 Å². The smallest absolute Gasteiger partial charge is 0.253 e. The van der Waals surface area contributed by atoms with Crippen molar-refractivity contribution in [1.29, 1.82) is 0 Å². The summed E-state index contributed by atoms with van der Waals surface area (Å²) in [6.45, 7) is 1.51. The van der Waals surface area contributed by atoms with E-state index >= 15 is 0 Å². The number of nitrogens with one attached hydrogen (secondary N) is 1. The third kappa shape index (κ3) is 3.23. The molecule has 5 nitrogen and oxygen atoms in total. The fourth-order valence-electron chi connectivity index (χ4n) is 2.92. The van der Waals surface area contributed by atoms with Crippen LogP contribution in [0.15, 0.2) is 24.5 Å². The molecule has 1 aromatic heterocycles. The zero-order chi connectivity index (χ0) is 14.7. The number of carbonyl (C=O) groups excluding carboxylic acids is 2. The Hall–Kier alpha value is -1.91. The minimum Gasteiger partial charge on any atom is -0.349 e. The Morgan fingerprint density at radius 3 is 2.52 bits per heavy atom. The molecular formula is C16H21N3O2. The maximum absolute atomic E-state index is 12.2. The summed E-state index contributed by atoms with van der Waals surface area (Å²) >= 11 is 0. The Morgan fingerprint density at radius 2 is 1.95 bits per heavy atom. The number of hydrogen-bond donors (Lipinski definition) is 1. The summed E-state index contributed by atoms with van der Waals surface area (Å²) in [6.07, 6.45) is 8.20. The Balaban J connectivity index is 1.47. The minimum atomic E-state index is -0.0770. The molecule has 21 heavy (non-hydrogen) atoms. The van der Waals surface area contributed by atoms with E-state index in [1.54, 1.807) is 24.5 Å². The molecule has 1 saturated heterocycles. The van der Waals surface area contributed by atoms with Crippen LogP contribution in [0.5, 0.6) is 0 Å². The van der Waals surface area contributed by atoms with E-state index < -0.39 is 0 Å². The van der Waals surface area contributed by atoms with Gasteiger partial charge in [-0.05, 0) is 37.8 Å². The monoisotopic (exact) mass is 287 g/mol. The second kappa shape index (κ2) is 6.24. The van der Waals surface area contributed by atoms with E-state index in [-0.39, 0.29) is 17.9 Å². The molecule has 0 unspecified atom stereocenters. The average molecular weight is 287 g/mol. The van der Waals surface area contributed by atoms with Gasteiger partial charge in [0.2, 0.25) is 5.91 Å². The molecule has 1 saturated carbocycles. The summed E-state index contributed by atoms with van der Waals surface area (Å²) in [5.74, 6) is 0.511. The van der Waals surface area contributed by atoms with E-state index in [0.717, 1.165) is 38.8 Å². The summed E-state index contributed by atoms with van der Waals surface area (Å²) in [5.41, 5.74) is 0.588. The van der Waals surface area contributed by atoms with Gasteiger partial charge in [0.05, 0.1) is 5.56 Å². The van der Waals surface area contributed by atoms with E-state index in [1.807, 2.05) is 4.90 Å². The van der Waals surface area contributed by atoms with Crippen LogP contribution in [0.1, 0.15) is 42.5 Å². The fourth-order valence-corrected chi connectivity index (χ4v) is 2.92. The van der Waals surface area contributed by atoms with Crippen molar-refractivity contribution in [2.24, 2.45) is 5.92 Å². The third-order valence-electron chi connectivity index (χ3n) is 4.52. The molecule has 0 spiro atoms. The second-order valence-electron chi connectivity index (χ2n) is 5.94. The van der Waals surface area contributed by atoms with Gasteiger partial charge in [0.15, 0.2) is 0 Å². The highest BCUT2D eigenvalue weighted by Crippen LogP contribution is 2.29. The van der Waals surface area contributed by atoms with Crippen LogP contribution in [0, 0.1) is 5.92 Å². The highest BCUT2D eigenvalue weighted by Gasteiger charge is 2.31. The molecule has 1 aliphatic carbocycles. The fraction of sp³-hybridized carbons (Fsp3) is 0.562. The van der Waals surface area contributed by atoms with Crippen molar-refractivity contribution >= 4 is 11.8 Å². The lowest BCUT2D eigenvalue weighted by molar-refractivity contribution is -0.139. The number of likely N-dealkylation sites (tertiary alicyclic amines) is 1. The third-order valence-corrected chi connectivity index (χ3v) is 4.52. The lowest BCUT2D eigenvalue weighted by Gasteiger charge is -2.36. The average Bonchev–Trinajstić information content (AvgIpc) is 2.47. The van der Waals surface area contributed by atoms with Gasteiger partial charge in [-0.25, -0.2) is 0 Å². The van der Waals surface area contributed by atoms with Gasteiger partial charge in [-0.3, -0.25) is 14.6 Å². The van der Waals surface area contributed by atoms with Crippen LogP contribution >= 0.6 is 0 Å². The predicted octanol–water partition coefficient (Wildman–Crippen LogP) is 1.60. The molecule has 0 radical (unpaired) electrons. The zero-order valence-corrected chi connectivity index (χ0v) is 12.1. The Morgan fingerprint density at radius 1 is 1.19 bits per heavy atom. The second-order valence-corrected chi connectivity index (χ2v) is 5.94. The number of nitrogens with zero attached hydrogens (tertiary/aromatic N) is 2. The molecular weight excluding hydrogens is 266 g/mol. The van der Waals surface area contributed by atoms with Crippen LogP contribution < -0.4 is 5.32 Å². The van der Waals surface area contributed by atoms with Crippen LogP contribution in [0.25, 0.3) is 0 Å². The van der Waals surface area contributed by atoms with Gasteiger partial charge in [-0.1, -0.05) is 6.42 Å². The molecule has 1 N–H and O–H groups in total. The zero-order valence-electron chi connectivity index (χ0n) is 12.1. The van der Waals surface area contributed by atoms with Gasteiger partial charge in [0.25, 0.3) is 5.91 Å². The van der Waals surface area contributed by atoms with Crippen molar-refractivity contribution in [3.05, 3.63) is 30.1 Å². The van der Waals surface area contributed by atoms with E-state index in [4.69, 9.17) is 0 Å². The van der Waals surface area contributed by atoms with E-state index in [0.29, 0.717) is 11.5 Å². The Kier molecular flexibility index (Phi) is 4.18. The topological polar surface area (TPSA) is 62.3 Å². The van der Waals surface area contributed by atoms with E-state index in [2.05, 4.69) is 10.3 Å². The first kappa shape index (κ1) is 14.0. The molecule has 2 amide bonds. The lowest BCUT2D eigenvalue weighted by Crippen LogP contribution is -2.48. The van der Waals surface area contributed by atoms with Crippen molar-refractivity contribution in [2.75, 3.05) is 13.1 Å². The number of amides is 2. The number of rotatable bonds is 3. The molecule has 0 atom stereocenters. The van der Waals surface area contributed by atoms with Crippen LogP contribution in [0.3, 0.4) is 0 Å². The first-order valence-electron chi connectivity index (χ1n) is 7.74. The molecule has 3 rings (SSSR count). The first-order chi connectivity index (χ1) is 10.2. The largest absolute Gasteiger partial charge is 0.349 e. The van der Waals surface area contributed by atoms with E-state index in [9.17, 15) is 9.59 Å². The van der Waals surface area contributed by atoms with Crippen molar-refractivity contribution in [3.63, 3.8) is 0 Å². The van der Waals surface area contributed by atoms with Crippen LogP contribution in [-0.2, 0) is 4.79 Å². The van der Waals surface area contributed by atoms with Gasteiger partial charge in [-0.2, -0.15) is 0 Å². The van der Waals surface area contributed by atoms with Crippen LogP contribution in [-0.4, -0.2) is 40.8 Å².